The van der Waals surface area contributed by atoms with Crippen molar-refractivity contribution in [1.29, 1.82) is 0 Å². The highest BCUT2D eigenvalue weighted by Crippen LogP contribution is 2.03. The quantitative estimate of drug-likeness (QED) is 0.0905. The van der Waals surface area contributed by atoms with E-state index >= 15 is 0 Å². The lowest BCUT2D eigenvalue weighted by Crippen LogP contribution is -2.58. The Morgan fingerprint density at radius 3 is 1.82 bits per heavy atom. The van der Waals surface area contributed by atoms with Crippen LogP contribution in [-0.4, -0.2) is 88.2 Å². The third-order valence-electron chi connectivity index (χ3n) is 4.41. The van der Waals surface area contributed by atoms with E-state index in [9.17, 15) is 39.0 Å². The van der Waals surface area contributed by atoms with Gasteiger partial charge in [0.15, 0.2) is 0 Å². The van der Waals surface area contributed by atoms with Crippen molar-refractivity contribution in [2.24, 2.45) is 17.2 Å². The van der Waals surface area contributed by atoms with Crippen LogP contribution in [0, 0.1) is 0 Å². The van der Waals surface area contributed by atoms with Gasteiger partial charge in [0.1, 0.15) is 18.1 Å². The third-order valence-corrected chi connectivity index (χ3v) is 4.41. The molecule has 0 fully saturated rings. The summed E-state index contributed by atoms with van der Waals surface area (Å²) in [4.78, 5) is 70.2. The molecule has 0 saturated carbocycles. The number of carboxylic acid groups (broad SMARTS) is 2. The summed E-state index contributed by atoms with van der Waals surface area (Å²) >= 11 is 0. The minimum atomic E-state index is -1.59. The normalized spacial score (nSPS) is 14.3. The molecule has 4 unspecified atom stereocenters. The van der Waals surface area contributed by atoms with Gasteiger partial charge in [-0.3, -0.25) is 24.0 Å². The van der Waals surface area contributed by atoms with Crippen molar-refractivity contribution in [3.05, 3.63) is 0 Å². The number of amides is 4. The molecule has 0 spiro atoms. The summed E-state index contributed by atoms with van der Waals surface area (Å²) in [5.74, 6) is -6.46. The molecule has 0 aromatic heterocycles. The van der Waals surface area contributed by atoms with E-state index in [2.05, 4.69) is 16.0 Å². The Labute approximate surface area is 189 Å². The fourth-order valence-electron chi connectivity index (χ4n) is 2.61. The van der Waals surface area contributed by atoms with Crippen molar-refractivity contribution in [3.8, 4) is 0 Å². The number of hydrogen-bond acceptors (Lipinski definition) is 9. The number of aliphatic carboxylic acids is 2. The molecule has 0 aliphatic heterocycles. The van der Waals surface area contributed by atoms with Crippen LogP contribution < -0.4 is 33.2 Å². The molecule has 33 heavy (non-hydrogen) atoms. The van der Waals surface area contributed by atoms with Crippen LogP contribution in [0.15, 0.2) is 0 Å². The van der Waals surface area contributed by atoms with Gasteiger partial charge >= 0.3 is 11.9 Å². The molecule has 15 nitrogen and oxygen atoms in total. The van der Waals surface area contributed by atoms with E-state index in [1.807, 2.05) is 0 Å². The molecular formula is C18H32N6O9. The Kier molecular flexibility index (Phi) is 13.9. The highest BCUT2D eigenvalue weighted by atomic mass is 16.4. The maximum Gasteiger partial charge on any atom is 0.326 e. The van der Waals surface area contributed by atoms with Gasteiger partial charge < -0.3 is 48.5 Å². The van der Waals surface area contributed by atoms with Gasteiger partial charge in [-0.15, -0.1) is 0 Å². The summed E-state index contributed by atoms with van der Waals surface area (Å²) in [7, 11) is 0. The number of primary amides is 1. The zero-order chi connectivity index (χ0) is 25.6. The predicted octanol–water partition coefficient (Wildman–Crippen LogP) is -4.29. The highest BCUT2D eigenvalue weighted by molar-refractivity contribution is 5.95. The molecule has 0 aromatic carbocycles. The van der Waals surface area contributed by atoms with E-state index in [1.165, 1.54) is 0 Å². The van der Waals surface area contributed by atoms with E-state index in [-0.39, 0.29) is 6.42 Å². The Hall–Kier alpha value is -3.30. The lowest BCUT2D eigenvalue weighted by Gasteiger charge is -2.24. The first-order chi connectivity index (χ1) is 15.4. The SMILES string of the molecule is NCCCCC(NC(=O)C(CO)NC(=O)C(CCC(=O)O)NC(=O)C(N)CC(N)=O)C(=O)O. The van der Waals surface area contributed by atoms with Crippen LogP contribution in [0.1, 0.15) is 38.5 Å². The van der Waals surface area contributed by atoms with Crippen molar-refractivity contribution < 1.29 is 44.1 Å². The molecule has 15 heteroatoms. The Balaban J connectivity index is 5.26. The van der Waals surface area contributed by atoms with Crippen molar-refractivity contribution in [2.75, 3.05) is 13.2 Å². The second kappa shape index (κ2) is 15.5. The molecular weight excluding hydrogens is 444 g/mol. The average molecular weight is 476 g/mol. The van der Waals surface area contributed by atoms with Gasteiger partial charge in [-0.1, -0.05) is 0 Å². The number of carbonyl (C=O) groups is 6. The van der Waals surface area contributed by atoms with E-state index < -0.39 is 85.6 Å². The smallest absolute Gasteiger partial charge is 0.326 e. The monoisotopic (exact) mass is 476 g/mol. The van der Waals surface area contributed by atoms with Crippen LogP contribution in [-0.2, 0) is 28.8 Å². The number of nitrogens with one attached hydrogen (secondary N) is 3. The maximum absolute atomic E-state index is 12.6. The van der Waals surface area contributed by atoms with E-state index in [0.717, 1.165) is 0 Å². The molecule has 4 atom stereocenters. The molecule has 0 saturated heterocycles. The van der Waals surface area contributed by atoms with Crippen LogP contribution in [0.25, 0.3) is 0 Å². The predicted molar refractivity (Wildman–Crippen MR) is 112 cm³/mol. The van der Waals surface area contributed by atoms with E-state index in [0.29, 0.717) is 19.4 Å². The Morgan fingerprint density at radius 2 is 1.33 bits per heavy atom. The average Bonchev–Trinajstić information content (AvgIpc) is 2.72. The van der Waals surface area contributed by atoms with Gasteiger partial charge in [0.2, 0.25) is 23.6 Å². The second-order valence-corrected chi connectivity index (χ2v) is 7.20. The van der Waals surface area contributed by atoms with Gasteiger partial charge in [0.25, 0.3) is 0 Å². The number of aliphatic hydroxyl groups excluding tert-OH is 1. The van der Waals surface area contributed by atoms with Crippen LogP contribution in [0.2, 0.25) is 0 Å². The fourth-order valence-corrected chi connectivity index (χ4v) is 2.61. The molecule has 4 amide bonds. The summed E-state index contributed by atoms with van der Waals surface area (Å²) in [5.41, 5.74) is 15.8. The second-order valence-electron chi connectivity index (χ2n) is 7.20. The van der Waals surface area contributed by atoms with Gasteiger partial charge in [-0.05, 0) is 32.2 Å². The van der Waals surface area contributed by atoms with Crippen LogP contribution in [0.3, 0.4) is 0 Å². The largest absolute Gasteiger partial charge is 0.481 e. The third kappa shape index (κ3) is 12.4. The molecule has 0 aromatic rings. The zero-order valence-corrected chi connectivity index (χ0v) is 18.0. The molecule has 0 radical (unpaired) electrons. The lowest BCUT2D eigenvalue weighted by atomic mass is 10.1. The molecule has 0 heterocycles. The number of unbranched alkanes of at least 4 members (excludes halogenated alkanes) is 1. The van der Waals surface area contributed by atoms with Crippen LogP contribution >= 0.6 is 0 Å². The summed E-state index contributed by atoms with van der Waals surface area (Å²) in [6, 6.07) is -5.75. The highest BCUT2D eigenvalue weighted by Gasteiger charge is 2.30. The van der Waals surface area contributed by atoms with Gasteiger partial charge in [-0.25, -0.2) is 4.79 Å². The molecule has 0 rings (SSSR count). The summed E-state index contributed by atoms with van der Waals surface area (Å²) in [5, 5.41) is 34.1. The van der Waals surface area contributed by atoms with Gasteiger partial charge in [-0.2, -0.15) is 0 Å². The van der Waals surface area contributed by atoms with Crippen molar-refractivity contribution in [1.82, 2.24) is 16.0 Å². The molecule has 0 aliphatic carbocycles. The first kappa shape index (κ1) is 29.7. The first-order valence-electron chi connectivity index (χ1n) is 10.1. The number of nitrogens with two attached hydrogens (primary N) is 3. The number of hydrogen-bond donors (Lipinski definition) is 9. The minimum Gasteiger partial charge on any atom is -0.481 e. The van der Waals surface area contributed by atoms with E-state index in [1.54, 1.807) is 0 Å². The number of carbonyl (C=O) groups excluding carboxylic acids is 4. The number of rotatable bonds is 17. The topological polar surface area (TPSA) is 277 Å². The minimum absolute atomic E-state index is 0.0689. The first-order valence-corrected chi connectivity index (χ1v) is 10.1. The van der Waals surface area contributed by atoms with Gasteiger partial charge in [0, 0.05) is 6.42 Å². The van der Waals surface area contributed by atoms with Crippen LogP contribution in [0.5, 0.6) is 0 Å². The van der Waals surface area contributed by atoms with Gasteiger partial charge in [0.05, 0.1) is 19.1 Å². The molecule has 188 valence electrons. The summed E-state index contributed by atoms with van der Waals surface area (Å²) in [6.07, 6.45) is -0.448. The van der Waals surface area contributed by atoms with Crippen molar-refractivity contribution >= 4 is 35.6 Å². The standard InChI is InChI=1S/C18H32N6O9/c19-6-2-1-3-11(18(32)33)23-17(31)12(8-25)24-16(30)10(4-5-14(27)28)22-15(29)9(20)7-13(21)26/h9-12,25H,1-8,19-20H2,(H2,21,26)(H,22,29)(H,23,31)(H,24,30)(H,27,28)(H,32,33). The summed E-state index contributed by atoms with van der Waals surface area (Å²) < 4.78 is 0. The van der Waals surface area contributed by atoms with Crippen molar-refractivity contribution in [3.63, 3.8) is 0 Å². The number of carboxylic acids is 2. The molecule has 0 bridgehead atoms. The maximum atomic E-state index is 12.6. The van der Waals surface area contributed by atoms with Crippen molar-refractivity contribution in [2.45, 2.75) is 62.7 Å². The summed E-state index contributed by atoms with van der Waals surface area (Å²) in [6.45, 7) is -0.574. The lowest BCUT2D eigenvalue weighted by molar-refractivity contribution is -0.142. The fraction of sp³-hybridized carbons (Fsp3) is 0.667. The van der Waals surface area contributed by atoms with Crippen LogP contribution in [0.4, 0.5) is 0 Å². The number of aliphatic hydroxyl groups is 1. The Bertz CT molecular complexity index is 718. The van der Waals surface area contributed by atoms with E-state index in [4.69, 9.17) is 22.3 Å². The molecule has 0 aliphatic rings. The molecule has 12 N–H and O–H groups in total. The Morgan fingerprint density at radius 1 is 0.788 bits per heavy atom. The zero-order valence-electron chi connectivity index (χ0n) is 18.0.